The predicted octanol–water partition coefficient (Wildman–Crippen LogP) is 4.22. The smallest absolute Gasteiger partial charge is 0.147 e. The van der Waals surface area contributed by atoms with Crippen molar-refractivity contribution in [2.45, 2.75) is 34.6 Å². The highest BCUT2D eigenvalue weighted by molar-refractivity contribution is 6.10. The molecule has 2 aliphatic rings. The highest BCUT2D eigenvalue weighted by Crippen LogP contribution is 2.24. The van der Waals surface area contributed by atoms with Gasteiger partial charge in [-0.3, -0.25) is 5.01 Å². The maximum Gasteiger partial charge on any atom is 0.147 e. The van der Waals surface area contributed by atoms with Gasteiger partial charge in [0.2, 0.25) is 0 Å². The molecule has 20 heavy (non-hydrogen) atoms. The Balaban J connectivity index is 0.000000461. The van der Waals surface area contributed by atoms with Crippen LogP contribution in [0.15, 0.2) is 52.9 Å². The SMILES string of the molecule is CC.CC.CC1=C2N=CC(c3ccccc3)=CN2NC1. The largest absolute Gasteiger partial charge is 0.266 e. The summed E-state index contributed by atoms with van der Waals surface area (Å²) in [5, 5.41) is 2.00. The van der Waals surface area contributed by atoms with Crippen LogP contribution in [-0.2, 0) is 0 Å². The fourth-order valence-corrected chi connectivity index (χ4v) is 1.93. The van der Waals surface area contributed by atoms with E-state index in [1.54, 1.807) is 0 Å². The van der Waals surface area contributed by atoms with Crippen LogP contribution in [0.5, 0.6) is 0 Å². The molecule has 0 amide bonds. The summed E-state index contributed by atoms with van der Waals surface area (Å²) in [5.74, 6) is 1.03. The monoisotopic (exact) mass is 271 g/mol. The van der Waals surface area contributed by atoms with Crippen LogP contribution in [0, 0.1) is 0 Å². The third-order valence-electron chi connectivity index (χ3n) is 2.83. The molecule has 2 heterocycles. The molecular weight excluding hydrogens is 246 g/mol. The van der Waals surface area contributed by atoms with E-state index in [0.717, 1.165) is 17.9 Å². The van der Waals surface area contributed by atoms with Crippen LogP contribution in [0.2, 0.25) is 0 Å². The number of hydrogen-bond acceptors (Lipinski definition) is 3. The number of hydrogen-bond donors (Lipinski definition) is 1. The van der Waals surface area contributed by atoms with Gasteiger partial charge in [-0.05, 0) is 18.1 Å². The first kappa shape index (κ1) is 16.2. The van der Waals surface area contributed by atoms with E-state index in [-0.39, 0.29) is 0 Å². The van der Waals surface area contributed by atoms with Crippen LogP contribution in [0.3, 0.4) is 0 Å². The Labute approximate surface area is 122 Å². The van der Waals surface area contributed by atoms with Gasteiger partial charge in [0.25, 0.3) is 0 Å². The van der Waals surface area contributed by atoms with Crippen molar-refractivity contribution in [2.75, 3.05) is 6.54 Å². The van der Waals surface area contributed by atoms with Gasteiger partial charge in [0.15, 0.2) is 0 Å². The molecule has 0 fully saturated rings. The third kappa shape index (κ3) is 3.58. The van der Waals surface area contributed by atoms with Gasteiger partial charge >= 0.3 is 0 Å². The highest BCUT2D eigenvalue weighted by atomic mass is 15.5. The molecule has 0 aliphatic carbocycles. The van der Waals surface area contributed by atoms with Crippen molar-refractivity contribution in [3.8, 4) is 0 Å². The van der Waals surface area contributed by atoms with E-state index in [1.165, 1.54) is 11.1 Å². The molecule has 3 heteroatoms. The summed E-state index contributed by atoms with van der Waals surface area (Å²) < 4.78 is 0. The minimum atomic E-state index is 0.880. The lowest BCUT2D eigenvalue weighted by molar-refractivity contribution is 0.385. The van der Waals surface area contributed by atoms with Gasteiger partial charge in [0.1, 0.15) is 5.82 Å². The second-order valence-electron chi connectivity index (χ2n) is 4.02. The highest BCUT2D eigenvalue weighted by Gasteiger charge is 2.20. The van der Waals surface area contributed by atoms with E-state index in [9.17, 15) is 0 Å². The number of nitrogens with one attached hydrogen (secondary N) is 1. The van der Waals surface area contributed by atoms with Crippen LogP contribution in [-0.4, -0.2) is 17.8 Å². The van der Waals surface area contributed by atoms with E-state index in [1.807, 2.05) is 57.1 Å². The van der Waals surface area contributed by atoms with Gasteiger partial charge in [0, 0.05) is 24.5 Å². The Bertz CT molecular complexity index is 498. The van der Waals surface area contributed by atoms with Gasteiger partial charge in [-0.1, -0.05) is 58.0 Å². The fraction of sp³-hybridized carbons (Fsp3) is 0.353. The number of nitrogens with zero attached hydrogens (tertiary/aromatic N) is 2. The molecule has 0 saturated carbocycles. The van der Waals surface area contributed by atoms with E-state index in [0.29, 0.717) is 0 Å². The molecular formula is C17H25N3. The Hall–Kier alpha value is -1.87. The average molecular weight is 271 g/mol. The number of hydrazine groups is 1. The molecule has 3 rings (SSSR count). The Morgan fingerprint density at radius 2 is 1.70 bits per heavy atom. The zero-order valence-corrected chi connectivity index (χ0v) is 13.1. The maximum absolute atomic E-state index is 4.48. The number of rotatable bonds is 1. The summed E-state index contributed by atoms with van der Waals surface area (Å²) in [7, 11) is 0. The lowest BCUT2D eigenvalue weighted by atomic mass is 10.1. The van der Waals surface area contributed by atoms with Crippen molar-refractivity contribution in [3.05, 3.63) is 53.5 Å². The first-order valence-electron chi connectivity index (χ1n) is 7.38. The van der Waals surface area contributed by atoms with Crippen LogP contribution in [0.25, 0.3) is 5.57 Å². The number of benzene rings is 1. The Kier molecular flexibility index (Phi) is 6.74. The molecule has 0 aromatic heterocycles. The van der Waals surface area contributed by atoms with E-state index < -0.39 is 0 Å². The van der Waals surface area contributed by atoms with Crippen molar-refractivity contribution in [1.29, 1.82) is 0 Å². The van der Waals surface area contributed by atoms with Gasteiger partial charge in [-0.2, -0.15) is 0 Å². The lowest BCUT2D eigenvalue weighted by Gasteiger charge is -2.20. The van der Waals surface area contributed by atoms with Crippen molar-refractivity contribution in [1.82, 2.24) is 10.4 Å². The first-order valence-corrected chi connectivity index (χ1v) is 7.38. The number of allylic oxidation sites excluding steroid dienone is 1. The Morgan fingerprint density at radius 3 is 2.35 bits per heavy atom. The first-order chi connectivity index (χ1) is 9.84. The normalized spacial score (nSPS) is 15.7. The van der Waals surface area contributed by atoms with E-state index >= 15 is 0 Å². The zero-order chi connectivity index (χ0) is 15.0. The molecule has 0 unspecified atom stereocenters. The second-order valence-corrected chi connectivity index (χ2v) is 4.02. The Morgan fingerprint density at radius 1 is 1.05 bits per heavy atom. The molecule has 1 aromatic rings. The van der Waals surface area contributed by atoms with E-state index in [2.05, 4.69) is 35.7 Å². The standard InChI is InChI=1S/C13H13N3.2C2H6/c1-10-7-15-16-9-12(8-14-13(10)16)11-5-3-2-4-6-11;2*1-2/h2-6,8-9,15H,7H2,1H3;2*1-2H3. The van der Waals surface area contributed by atoms with Crippen LogP contribution in [0.4, 0.5) is 0 Å². The summed E-state index contributed by atoms with van der Waals surface area (Å²) in [4.78, 5) is 4.48. The predicted molar refractivity (Wildman–Crippen MR) is 88.1 cm³/mol. The topological polar surface area (TPSA) is 27.6 Å². The maximum atomic E-state index is 4.48. The molecule has 3 nitrogen and oxygen atoms in total. The zero-order valence-electron chi connectivity index (χ0n) is 13.1. The van der Waals surface area contributed by atoms with Crippen molar-refractivity contribution in [2.24, 2.45) is 4.99 Å². The van der Waals surface area contributed by atoms with Crippen LogP contribution < -0.4 is 5.43 Å². The van der Waals surface area contributed by atoms with Crippen molar-refractivity contribution < 1.29 is 0 Å². The van der Waals surface area contributed by atoms with E-state index in [4.69, 9.17) is 0 Å². The minimum Gasteiger partial charge on any atom is -0.266 e. The molecule has 0 spiro atoms. The van der Waals surface area contributed by atoms with Crippen molar-refractivity contribution in [3.63, 3.8) is 0 Å². The molecule has 0 saturated heterocycles. The molecule has 108 valence electrons. The molecule has 0 bridgehead atoms. The van der Waals surface area contributed by atoms with Crippen LogP contribution >= 0.6 is 0 Å². The summed E-state index contributed by atoms with van der Waals surface area (Å²) in [6.07, 6.45) is 4.02. The minimum absolute atomic E-state index is 0.880. The summed E-state index contributed by atoms with van der Waals surface area (Å²) in [5.41, 5.74) is 6.88. The molecule has 2 aliphatic heterocycles. The molecule has 1 aromatic carbocycles. The number of aliphatic imine (C=N–C) groups is 1. The number of fused-ring (bicyclic) bond motifs is 1. The summed E-state index contributed by atoms with van der Waals surface area (Å²) in [6.45, 7) is 11.0. The van der Waals surface area contributed by atoms with Crippen molar-refractivity contribution >= 4 is 11.8 Å². The third-order valence-corrected chi connectivity index (χ3v) is 2.83. The van der Waals surface area contributed by atoms with Gasteiger partial charge in [0.05, 0.1) is 0 Å². The summed E-state index contributed by atoms with van der Waals surface area (Å²) >= 11 is 0. The lowest BCUT2D eigenvalue weighted by Crippen LogP contribution is -2.28. The molecule has 1 N–H and O–H groups in total. The van der Waals surface area contributed by atoms with Crippen LogP contribution in [0.1, 0.15) is 40.2 Å². The second kappa shape index (κ2) is 8.33. The molecule has 0 radical (unpaired) electrons. The van der Waals surface area contributed by atoms with Gasteiger partial charge < -0.3 is 0 Å². The fourth-order valence-electron chi connectivity index (χ4n) is 1.93. The summed E-state index contributed by atoms with van der Waals surface area (Å²) in [6, 6.07) is 10.3. The average Bonchev–Trinajstić information content (AvgIpc) is 2.93. The molecule has 0 atom stereocenters. The quantitative estimate of drug-likeness (QED) is 0.828. The van der Waals surface area contributed by atoms with Gasteiger partial charge in [-0.25, -0.2) is 10.4 Å². The van der Waals surface area contributed by atoms with Gasteiger partial charge in [-0.15, -0.1) is 0 Å².